The van der Waals surface area contributed by atoms with Crippen molar-refractivity contribution in [3.05, 3.63) is 46.3 Å². The molecule has 8 nitrogen and oxygen atoms in total. The molecule has 0 fully saturated rings. The van der Waals surface area contributed by atoms with Gasteiger partial charge in [0, 0.05) is 30.4 Å². The van der Waals surface area contributed by atoms with E-state index in [1.165, 1.54) is 12.1 Å². The summed E-state index contributed by atoms with van der Waals surface area (Å²) in [6.07, 6.45) is 1.66. The average Bonchev–Trinajstić information content (AvgIpc) is 3.07. The standard InChI is InChI=1S/C13H11N5O3/c1-8-11(7-14-17(8)2)13-15-12(16-21-13)9-3-5-10(6-4-9)18(19)20/h3-7H,1-2H3. The molecule has 0 aliphatic heterocycles. The Morgan fingerprint density at radius 1 is 1.29 bits per heavy atom. The first-order valence-electron chi connectivity index (χ1n) is 6.14. The highest BCUT2D eigenvalue weighted by molar-refractivity contribution is 5.61. The van der Waals surface area contributed by atoms with Gasteiger partial charge in [-0.2, -0.15) is 10.1 Å². The van der Waals surface area contributed by atoms with Crippen LogP contribution in [0.3, 0.4) is 0 Å². The molecule has 106 valence electrons. The van der Waals surface area contributed by atoms with E-state index < -0.39 is 4.92 Å². The lowest BCUT2D eigenvalue weighted by Crippen LogP contribution is -1.92. The SMILES string of the molecule is Cc1c(-c2nc(-c3ccc([N+](=O)[O-])cc3)no2)cnn1C. The predicted molar refractivity (Wildman–Crippen MR) is 73.3 cm³/mol. The lowest BCUT2D eigenvalue weighted by atomic mass is 10.2. The first-order chi connectivity index (χ1) is 10.1. The van der Waals surface area contributed by atoms with Gasteiger partial charge >= 0.3 is 0 Å². The van der Waals surface area contributed by atoms with Gasteiger partial charge in [-0.3, -0.25) is 14.8 Å². The summed E-state index contributed by atoms with van der Waals surface area (Å²) in [6, 6.07) is 5.98. The quantitative estimate of drug-likeness (QED) is 0.541. The van der Waals surface area contributed by atoms with Crippen molar-refractivity contribution in [3.8, 4) is 22.8 Å². The normalized spacial score (nSPS) is 10.8. The Kier molecular flexibility index (Phi) is 2.98. The third-order valence-electron chi connectivity index (χ3n) is 3.23. The molecule has 2 aromatic heterocycles. The second kappa shape index (κ2) is 4.82. The highest BCUT2D eigenvalue weighted by atomic mass is 16.6. The summed E-state index contributed by atoms with van der Waals surface area (Å²) in [5.41, 5.74) is 2.34. The van der Waals surface area contributed by atoms with E-state index in [0.29, 0.717) is 17.3 Å². The number of hydrogen-bond acceptors (Lipinski definition) is 6. The predicted octanol–water partition coefficient (Wildman–Crippen LogP) is 2.35. The molecule has 0 atom stereocenters. The summed E-state index contributed by atoms with van der Waals surface area (Å²) in [5.74, 6) is 0.747. The van der Waals surface area contributed by atoms with Crippen LogP contribution in [0.2, 0.25) is 0 Å². The first kappa shape index (κ1) is 13.0. The second-order valence-electron chi connectivity index (χ2n) is 4.49. The Balaban J connectivity index is 1.94. The minimum Gasteiger partial charge on any atom is -0.333 e. The Hall–Kier alpha value is -3.03. The number of non-ortho nitro benzene ring substituents is 1. The maximum atomic E-state index is 10.6. The van der Waals surface area contributed by atoms with Gasteiger partial charge in [-0.15, -0.1) is 0 Å². The average molecular weight is 285 g/mol. The summed E-state index contributed by atoms with van der Waals surface area (Å²) in [7, 11) is 1.83. The molecule has 0 saturated heterocycles. The number of nitrogens with zero attached hydrogens (tertiary/aromatic N) is 5. The topological polar surface area (TPSA) is 99.9 Å². The summed E-state index contributed by atoms with van der Waals surface area (Å²) < 4.78 is 6.94. The molecule has 2 heterocycles. The van der Waals surface area contributed by atoms with Gasteiger partial charge in [0.1, 0.15) is 0 Å². The number of nitro groups is 1. The molecular weight excluding hydrogens is 274 g/mol. The molecule has 0 aliphatic carbocycles. The molecule has 3 rings (SSSR count). The van der Waals surface area contributed by atoms with Crippen molar-refractivity contribution in [1.82, 2.24) is 19.9 Å². The fraction of sp³-hybridized carbons (Fsp3) is 0.154. The van der Waals surface area contributed by atoms with Crippen molar-refractivity contribution in [1.29, 1.82) is 0 Å². The van der Waals surface area contributed by atoms with Crippen LogP contribution in [-0.4, -0.2) is 24.8 Å². The number of rotatable bonds is 3. The van der Waals surface area contributed by atoms with Crippen LogP contribution in [-0.2, 0) is 7.05 Å². The number of aryl methyl sites for hydroxylation is 1. The molecule has 8 heteroatoms. The Bertz CT molecular complexity index is 804. The molecule has 0 N–H and O–H groups in total. The molecular formula is C13H11N5O3. The molecule has 0 bridgehead atoms. The van der Waals surface area contributed by atoms with Gasteiger partial charge in [-0.25, -0.2) is 0 Å². The van der Waals surface area contributed by atoms with Crippen LogP contribution in [0.25, 0.3) is 22.8 Å². The van der Waals surface area contributed by atoms with E-state index in [1.54, 1.807) is 23.0 Å². The van der Waals surface area contributed by atoms with E-state index in [4.69, 9.17) is 4.52 Å². The molecule has 0 saturated carbocycles. The Labute approximate surface area is 119 Å². The summed E-state index contributed by atoms with van der Waals surface area (Å²) in [5, 5.41) is 18.6. The van der Waals surface area contributed by atoms with E-state index in [-0.39, 0.29) is 5.69 Å². The van der Waals surface area contributed by atoms with Crippen molar-refractivity contribution in [2.24, 2.45) is 7.05 Å². The fourth-order valence-corrected chi connectivity index (χ4v) is 1.89. The van der Waals surface area contributed by atoms with Crippen LogP contribution in [0.4, 0.5) is 5.69 Å². The zero-order chi connectivity index (χ0) is 15.0. The van der Waals surface area contributed by atoms with Gasteiger partial charge in [0.2, 0.25) is 5.82 Å². The highest BCUT2D eigenvalue weighted by Gasteiger charge is 2.15. The maximum Gasteiger partial charge on any atom is 0.269 e. The Morgan fingerprint density at radius 3 is 2.57 bits per heavy atom. The van der Waals surface area contributed by atoms with Gasteiger partial charge in [0.15, 0.2) is 0 Å². The second-order valence-corrected chi connectivity index (χ2v) is 4.49. The molecule has 1 aromatic carbocycles. The maximum absolute atomic E-state index is 10.6. The van der Waals surface area contributed by atoms with Crippen LogP contribution in [0, 0.1) is 17.0 Å². The van der Waals surface area contributed by atoms with Gasteiger partial charge in [-0.1, -0.05) is 5.16 Å². The van der Waals surface area contributed by atoms with E-state index in [0.717, 1.165) is 11.3 Å². The van der Waals surface area contributed by atoms with Crippen molar-refractivity contribution >= 4 is 5.69 Å². The Morgan fingerprint density at radius 2 is 2.00 bits per heavy atom. The van der Waals surface area contributed by atoms with E-state index in [2.05, 4.69) is 15.2 Å². The third kappa shape index (κ3) is 2.27. The monoisotopic (exact) mass is 285 g/mol. The molecule has 3 aromatic rings. The zero-order valence-electron chi connectivity index (χ0n) is 11.3. The van der Waals surface area contributed by atoms with Crippen LogP contribution < -0.4 is 0 Å². The van der Waals surface area contributed by atoms with E-state index >= 15 is 0 Å². The van der Waals surface area contributed by atoms with Gasteiger partial charge in [0.05, 0.1) is 16.7 Å². The number of nitro benzene ring substituents is 1. The molecule has 0 amide bonds. The third-order valence-corrected chi connectivity index (χ3v) is 3.23. The van der Waals surface area contributed by atoms with Crippen LogP contribution in [0.15, 0.2) is 35.0 Å². The zero-order valence-corrected chi connectivity index (χ0v) is 11.3. The van der Waals surface area contributed by atoms with Crippen molar-refractivity contribution in [2.45, 2.75) is 6.92 Å². The minimum absolute atomic E-state index is 0.0190. The molecule has 0 unspecified atom stereocenters. The van der Waals surface area contributed by atoms with Crippen LogP contribution in [0.5, 0.6) is 0 Å². The van der Waals surface area contributed by atoms with Crippen molar-refractivity contribution < 1.29 is 9.45 Å². The summed E-state index contributed by atoms with van der Waals surface area (Å²) >= 11 is 0. The largest absolute Gasteiger partial charge is 0.333 e. The fourth-order valence-electron chi connectivity index (χ4n) is 1.89. The van der Waals surface area contributed by atoms with Crippen molar-refractivity contribution in [2.75, 3.05) is 0 Å². The summed E-state index contributed by atoms with van der Waals surface area (Å²) in [6.45, 7) is 1.90. The van der Waals surface area contributed by atoms with Gasteiger partial charge < -0.3 is 4.52 Å². The van der Waals surface area contributed by atoms with E-state index in [1.807, 2.05) is 14.0 Å². The molecule has 0 spiro atoms. The lowest BCUT2D eigenvalue weighted by molar-refractivity contribution is -0.384. The van der Waals surface area contributed by atoms with Crippen molar-refractivity contribution in [3.63, 3.8) is 0 Å². The van der Waals surface area contributed by atoms with E-state index in [9.17, 15) is 10.1 Å². The smallest absolute Gasteiger partial charge is 0.269 e. The number of benzene rings is 1. The van der Waals surface area contributed by atoms with Crippen LogP contribution in [0.1, 0.15) is 5.69 Å². The highest BCUT2D eigenvalue weighted by Crippen LogP contribution is 2.25. The minimum atomic E-state index is -0.454. The molecule has 21 heavy (non-hydrogen) atoms. The van der Waals surface area contributed by atoms with Crippen LogP contribution >= 0.6 is 0 Å². The molecule has 0 radical (unpaired) electrons. The number of aromatic nitrogens is 4. The molecule has 0 aliphatic rings. The van der Waals surface area contributed by atoms with Gasteiger partial charge in [-0.05, 0) is 19.1 Å². The van der Waals surface area contributed by atoms with Gasteiger partial charge in [0.25, 0.3) is 11.6 Å². The summed E-state index contributed by atoms with van der Waals surface area (Å²) in [4.78, 5) is 14.5. The number of hydrogen-bond donors (Lipinski definition) is 0. The lowest BCUT2D eigenvalue weighted by Gasteiger charge is -1.94. The first-order valence-corrected chi connectivity index (χ1v) is 6.14.